The molecule has 104 valence electrons. The van der Waals surface area contributed by atoms with Gasteiger partial charge in [-0.1, -0.05) is 36.7 Å². The highest BCUT2D eigenvalue weighted by Gasteiger charge is 2.14. The number of para-hydroxylation sites is 1. The van der Waals surface area contributed by atoms with Gasteiger partial charge in [0.2, 0.25) is 0 Å². The van der Waals surface area contributed by atoms with Crippen LogP contribution in [0.5, 0.6) is 0 Å². The number of fused-ring (bicyclic) bond motifs is 2. The summed E-state index contributed by atoms with van der Waals surface area (Å²) in [4.78, 5) is 11.1. The summed E-state index contributed by atoms with van der Waals surface area (Å²) in [5.74, 6) is 1.18. The Morgan fingerprint density at radius 1 is 1.19 bits per heavy atom. The van der Waals surface area contributed by atoms with Gasteiger partial charge in [-0.3, -0.25) is 0 Å². The number of benzene rings is 1. The molecule has 5 heteroatoms. The Labute approximate surface area is 130 Å². The first kappa shape index (κ1) is 12.8. The summed E-state index contributed by atoms with van der Waals surface area (Å²) in [6.07, 6.45) is 0.970. The van der Waals surface area contributed by atoms with Crippen LogP contribution in [-0.4, -0.2) is 9.97 Å². The summed E-state index contributed by atoms with van der Waals surface area (Å²) >= 11 is 7.94. The van der Waals surface area contributed by atoms with Gasteiger partial charge in [0.15, 0.2) is 11.6 Å². The van der Waals surface area contributed by atoms with Crippen molar-refractivity contribution in [3.8, 4) is 11.6 Å². The molecule has 3 heterocycles. The maximum Gasteiger partial charge on any atom is 0.198 e. The van der Waals surface area contributed by atoms with Crippen LogP contribution in [0, 0.1) is 0 Å². The fourth-order valence-electron chi connectivity index (χ4n) is 2.31. The molecule has 0 bridgehead atoms. The lowest BCUT2D eigenvalue weighted by molar-refractivity contribution is 0.626. The number of nitrogens with zero attached hydrogens (tertiary/aromatic N) is 2. The summed E-state index contributed by atoms with van der Waals surface area (Å²) < 4.78 is 5.81. The highest BCUT2D eigenvalue weighted by atomic mass is 35.5. The molecule has 0 saturated heterocycles. The molecule has 0 aliphatic heterocycles. The molecule has 0 aliphatic rings. The van der Waals surface area contributed by atoms with Crippen molar-refractivity contribution in [2.45, 2.75) is 13.3 Å². The van der Waals surface area contributed by atoms with Gasteiger partial charge in [0, 0.05) is 15.6 Å². The molecule has 1 aromatic carbocycles. The number of rotatable bonds is 2. The van der Waals surface area contributed by atoms with E-state index in [0.29, 0.717) is 16.7 Å². The van der Waals surface area contributed by atoms with Crippen molar-refractivity contribution < 1.29 is 4.42 Å². The highest BCUT2D eigenvalue weighted by Crippen LogP contribution is 2.33. The van der Waals surface area contributed by atoms with Crippen molar-refractivity contribution in [1.82, 2.24) is 9.97 Å². The zero-order chi connectivity index (χ0) is 14.4. The molecule has 4 aromatic rings. The first-order valence-corrected chi connectivity index (χ1v) is 7.89. The largest absolute Gasteiger partial charge is 0.453 e. The number of halogens is 1. The summed E-state index contributed by atoms with van der Waals surface area (Å²) in [5, 5.41) is 2.43. The normalized spacial score (nSPS) is 11.5. The Morgan fingerprint density at radius 2 is 2.05 bits per heavy atom. The van der Waals surface area contributed by atoms with Crippen LogP contribution in [0.1, 0.15) is 11.8 Å². The molecule has 3 aromatic heterocycles. The van der Waals surface area contributed by atoms with E-state index in [9.17, 15) is 0 Å². The van der Waals surface area contributed by atoms with E-state index in [4.69, 9.17) is 16.0 Å². The SMILES string of the molecule is CCc1cc2c(Cl)nc(-c3cc4ccccc4o3)nc2s1. The molecule has 0 atom stereocenters. The maximum absolute atomic E-state index is 6.29. The minimum atomic E-state index is 0.478. The van der Waals surface area contributed by atoms with Gasteiger partial charge >= 0.3 is 0 Å². The quantitative estimate of drug-likeness (QED) is 0.470. The maximum atomic E-state index is 6.29. The Bertz CT molecular complexity index is 924. The second-order valence-corrected chi connectivity index (χ2v) is 6.24. The van der Waals surface area contributed by atoms with Crippen molar-refractivity contribution in [2.75, 3.05) is 0 Å². The van der Waals surface area contributed by atoms with Crippen LogP contribution in [0.4, 0.5) is 0 Å². The molecule has 0 amide bonds. The smallest absolute Gasteiger partial charge is 0.198 e. The Hall–Kier alpha value is -1.91. The fourth-order valence-corrected chi connectivity index (χ4v) is 3.56. The first-order valence-electron chi connectivity index (χ1n) is 6.69. The lowest BCUT2D eigenvalue weighted by Gasteiger charge is -1.97. The van der Waals surface area contributed by atoms with Crippen molar-refractivity contribution >= 4 is 44.1 Å². The molecular weight excluding hydrogens is 304 g/mol. The van der Waals surface area contributed by atoms with Gasteiger partial charge in [-0.25, -0.2) is 9.97 Å². The Balaban J connectivity index is 1.92. The van der Waals surface area contributed by atoms with Crippen LogP contribution in [0.25, 0.3) is 32.8 Å². The topological polar surface area (TPSA) is 38.9 Å². The van der Waals surface area contributed by atoms with E-state index < -0.39 is 0 Å². The third-order valence-electron chi connectivity index (χ3n) is 3.39. The summed E-state index contributed by atoms with van der Waals surface area (Å²) in [5.41, 5.74) is 0.827. The summed E-state index contributed by atoms with van der Waals surface area (Å²) in [7, 11) is 0. The van der Waals surface area contributed by atoms with Gasteiger partial charge in [0.25, 0.3) is 0 Å². The lowest BCUT2D eigenvalue weighted by atomic mass is 10.2. The molecule has 0 saturated carbocycles. The van der Waals surface area contributed by atoms with Crippen LogP contribution >= 0.6 is 22.9 Å². The van der Waals surface area contributed by atoms with Crippen LogP contribution in [0.2, 0.25) is 5.15 Å². The zero-order valence-electron chi connectivity index (χ0n) is 11.3. The average Bonchev–Trinajstić information content (AvgIpc) is 3.10. The van der Waals surface area contributed by atoms with Gasteiger partial charge in [0.05, 0.1) is 0 Å². The van der Waals surface area contributed by atoms with Gasteiger partial charge in [0.1, 0.15) is 15.6 Å². The van der Waals surface area contributed by atoms with Crippen molar-refractivity contribution in [3.63, 3.8) is 0 Å². The lowest BCUT2D eigenvalue weighted by Crippen LogP contribution is -1.87. The molecule has 0 spiro atoms. The zero-order valence-corrected chi connectivity index (χ0v) is 12.8. The minimum absolute atomic E-state index is 0.478. The Morgan fingerprint density at radius 3 is 2.86 bits per heavy atom. The van der Waals surface area contributed by atoms with Crippen molar-refractivity contribution in [3.05, 3.63) is 46.4 Å². The van der Waals surface area contributed by atoms with E-state index in [-0.39, 0.29) is 0 Å². The van der Waals surface area contributed by atoms with Gasteiger partial charge in [-0.05, 0) is 24.6 Å². The number of aryl methyl sites for hydroxylation is 1. The Kier molecular flexibility index (Phi) is 2.94. The van der Waals surface area contributed by atoms with Gasteiger partial charge in [-0.2, -0.15) is 0 Å². The fraction of sp³-hybridized carbons (Fsp3) is 0.125. The number of aromatic nitrogens is 2. The average molecular weight is 315 g/mol. The molecule has 0 aliphatic carbocycles. The predicted octanol–water partition coefficient (Wildman–Crippen LogP) is 5.32. The number of furan rings is 1. The van der Waals surface area contributed by atoms with Gasteiger partial charge < -0.3 is 4.42 Å². The van der Waals surface area contributed by atoms with E-state index in [2.05, 4.69) is 23.0 Å². The molecule has 4 rings (SSSR count). The third kappa shape index (κ3) is 2.11. The molecule has 0 radical (unpaired) electrons. The van der Waals surface area contributed by atoms with E-state index in [1.165, 1.54) is 4.88 Å². The molecule has 21 heavy (non-hydrogen) atoms. The second kappa shape index (κ2) is 4.83. The highest BCUT2D eigenvalue weighted by molar-refractivity contribution is 7.18. The minimum Gasteiger partial charge on any atom is -0.453 e. The predicted molar refractivity (Wildman–Crippen MR) is 87.0 cm³/mol. The number of hydrogen-bond acceptors (Lipinski definition) is 4. The molecule has 0 unspecified atom stereocenters. The number of hydrogen-bond donors (Lipinski definition) is 0. The first-order chi connectivity index (χ1) is 10.2. The third-order valence-corrected chi connectivity index (χ3v) is 4.85. The monoisotopic (exact) mass is 314 g/mol. The molecular formula is C16H11ClN2OS. The van der Waals surface area contributed by atoms with Crippen LogP contribution in [-0.2, 0) is 6.42 Å². The summed E-state index contributed by atoms with van der Waals surface area (Å²) in [6, 6.07) is 11.9. The number of thiophene rings is 1. The van der Waals surface area contributed by atoms with E-state index in [1.807, 2.05) is 30.3 Å². The van der Waals surface area contributed by atoms with Crippen LogP contribution in [0.15, 0.2) is 40.8 Å². The van der Waals surface area contributed by atoms with Crippen molar-refractivity contribution in [1.29, 1.82) is 0 Å². The van der Waals surface area contributed by atoms with Crippen LogP contribution in [0.3, 0.4) is 0 Å². The second-order valence-electron chi connectivity index (χ2n) is 4.77. The molecule has 0 N–H and O–H groups in total. The summed E-state index contributed by atoms with van der Waals surface area (Å²) in [6.45, 7) is 2.12. The molecule has 3 nitrogen and oxygen atoms in total. The van der Waals surface area contributed by atoms with Crippen molar-refractivity contribution in [2.24, 2.45) is 0 Å². The van der Waals surface area contributed by atoms with E-state index in [0.717, 1.165) is 27.6 Å². The van der Waals surface area contributed by atoms with Crippen LogP contribution < -0.4 is 0 Å². The standard InChI is InChI=1S/C16H11ClN2OS/c1-2-10-8-11-14(17)18-15(19-16(11)21-10)13-7-9-5-3-4-6-12(9)20-13/h3-8H,2H2,1H3. The van der Waals surface area contributed by atoms with E-state index >= 15 is 0 Å². The van der Waals surface area contributed by atoms with E-state index in [1.54, 1.807) is 11.3 Å². The van der Waals surface area contributed by atoms with Gasteiger partial charge in [-0.15, -0.1) is 11.3 Å². The molecule has 0 fully saturated rings.